The van der Waals surface area contributed by atoms with Gasteiger partial charge in [-0.1, -0.05) is 27.7 Å². The first-order valence-electron chi connectivity index (χ1n) is 7.81. The van der Waals surface area contributed by atoms with E-state index in [0.717, 1.165) is 24.3 Å². The van der Waals surface area contributed by atoms with Crippen molar-refractivity contribution in [3.63, 3.8) is 0 Å². The Bertz CT molecular complexity index is 773. The quantitative estimate of drug-likeness (QED) is 0.362. The number of carbonyl (C=O) groups is 1. The zero-order valence-electron chi connectivity index (χ0n) is 14.7. The van der Waals surface area contributed by atoms with Gasteiger partial charge in [0, 0.05) is 5.92 Å². The highest BCUT2D eigenvalue weighted by molar-refractivity contribution is 5.97. The van der Waals surface area contributed by atoms with E-state index in [4.69, 9.17) is 4.84 Å². The number of hydrogen-bond donors (Lipinski definition) is 2. The number of nitriles is 1. The maximum Gasteiger partial charge on any atom is 0.416 e. The lowest BCUT2D eigenvalue weighted by Gasteiger charge is -2.10. The van der Waals surface area contributed by atoms with E-state index in [-0.39, 0.29) is 28.3 Å². The summed E-state index contributed by atoms with van der Waals surface area (Å²) < 4.78 is 37.5. The summed E-state index contributed by atoms with van der Waals surface area (Å²) in [4.78, 5) is 17.0. The Morgan fingerprint density at radius 3 is 2.08 bits per heavy atom. The van der Waals surface area contributed by atoms with Crippen LogP contribution in [0.3, 0.4) is 0 Å². The number of aliphatic hydroxyl groups excluding tert-OH is 1. The molecule has 8 heteroatoms. The fourth-order valence-corrected chi connectivity index (χ4v) is 3.12. The Labute approximate surface area is 149 Å². The second kappa shape index (κ2) is 6.24. The molecule has 0 saturated heterocycles. The van der Waals surface area contributed by atoms with Crippen molar-refractivity contribution >= 4 is 5.91 Å². The first-order chi connectivity index (χ1) is 11.8. The number of hydrogen-bond acceptors (Lipinski definition) is 4. The van der Waals surface area contributed by atoms with Crippen LogP contribution in [0.2, 0.25) is 0 Å². The molecule has 0 atom stereocenters. The average molecular weight is 368 g/mol. The topological polar surface area (TPSA) is 82.3 Å². The van der Waals surface area contributed by atoms with E-state index in [1.54, 1.807) is 6.07 Å². The lowest BCUT2D eigenvalue weighted by atomic mass is 10.0. The van der Waals surface area contributed by atoms with Gasteiger partial charge in [-0.25, -0.2) is 0 Å². The van der Waals surface area contributed by atoms with Crippen LogP contribution in [-0.4, -0.2) is 11.0 Å². The first-order valence-corrected chi connectivity index (χ1v) is 7.81. The van der Waals surface area contributed by atoms with E-state index in [1.807, 2.05) is 33.2 Å². The zero-order chi connectivity index (χ0) is 19.9. The van der Waals surface area contributed by atoms with Crippen molar-refractivity contribution in [3.8, 4) is 11.8 Å². The van der Waals surface area contributed by atoms with Crippen molar-refractivity contribution in [2.75, 3.05) is 0 Å². The zero-order valence-corrected chi connectivity index (χ0v) is 14.7. The average Bonchev–Trinajstić information content (AvgIpc) is 2.94. The summed E-state index contributed by atoms with van der Waals surface area (Å²) in [5.74, 6) is -1.70. The van der Waals surface area contributed by atoms with E-state index < -0.39 is 23.2 Å². The number of rotatable bonds is 4. The van der Waals surface area contributed by atoms with Crippen LogP contribution in [0.5, 0.6) is 5.75 Å². The molecule has 0 bridgehead atoms. The molecule has 1 fully saturated rings. The van der Waals surface area contributed by atoms with Crippen LogP contribution in [0.1, 0.15) is 33.3 Å². The Kier molecular flexibility index (Phi) is 4.71. The number of nitrogens with one attached hydrogen (secondary N) is 1. The highest BCUT2D eigenvalue weighted by Crippen LogP contribution is 2.70. The molecule has 0 aliphatic heterocycles. The number of benzene rings is 1. The molecule has 0 unspecified atom stereocenters. The molecule has 0 radical (unpaired) electrons. The Balaban J connectivity index is 2.09. The number of alkyl halides is 3. The molecule has 1 aromatic rings. The third kappa shape index (κ3) is 3.34. The number of hydroxylamine groups is 1. The van der Waals surface area contributed by atoms with Crippen LogP contribution in [0.4, 0.5) is 13.2 Å². The van der Waals surface area contributed by atoms with Gasteiger partial charge in [0.2, 0.25) is 0 Å². The number of aliphatic hydroxyl groups is 1. The van der Waals surface area contributed by atoms with Gasteiger partial charge in [0.05, 0.1) is 5.56 Å². The number of carbonyl (C=O) groups excluding carboxylic acids is 1. The molecule has 2 N–H and O–H groups in total. The van der Waals surface area contributed by atoms with Crippen molar-refractivity contribution in [2.45, 2.75) is 33.9 Å². The molecule has 1 amide bonds. The van der Waals surface area contributed by atoms with Crippen LogP contribution in [0, 0.1) is 28.1 Å². The summed E-state index contributed by atoms with van der Waals surface area (Å²) in [6, 6.07) is 5.32. The maximum atomic E-state index is 12.5. The van der Waals surface area contributed by atoms with E-state index in [2.05, 4.69) is 0 Å². The van der Waals surface area contributed by atoms with E-state index >= 15 is 0 Å². The fraction of sp³-hybridized carbons (Fsp3) is 0.444. The standard InChI is InChI=1S/C18H19F3N2O3/c1-16(2)14(17(16,3)4)13(24)12(9-22)15(25)23-26-11-7-5-10(6-8-11)18(19,20)21/h5-8,14,24H,1-4H3,(H,23,25)/b13-12+. The normalized spacial score (nSPS) is 19.2. The van der Waals surface area contributed by atoms with Crippen LogP contribution in [-0.2, 0) is 11.0 Å². The third-order valence-corrected chi connectivity index (χ3v) is 5.33. The number of nitrogens with zero attached hydrogens (tertiary/aromatic N) is 1. The molecule has 5 nitrogen and oxygen atoms in total. The summed E-state index contributed by atoms with van der Waals surface area (Å²) in [5, 5.41) is 19.5. The van der Waals surface area contributed by atoms with Gasteiger partial charge in [0.25, 0.3) is 5.91 Å². The lowest BCUT2D eigenvalue weighted by molar-refractivity contribution is -0.137. The molecule has 2 rings (SSSR count). The van der Waals surface area contributed by atoms with Crippen molar-refractivity contribution in [2.24, 2.45) is 16.7 Å². The van der Waals surface area contributed by atoms with Gasteiger partial charge in [-0.2, -0.15) is 23.9 Å². The van der Waals surface area contributed by atoms with Crippen LogP contribution in [0.15, 0.2) is 35.6 Å². The Morgan fingerprint density at radius 1 is 1.19 bits per heavy atom. The molecule has 1 aliphatic rings. The van der Waals surface area contributed by atoms with Crippen molar-refractivity contribution in [1.29, 1.82) is 5.26 Å². The van der Waals surface area contributed by atoms with E-state index in [9.17, 15) is 28.3 Å². The van der Waals surface area contributed by atoms with Crippen LogP contribution in [0.25, 0.3) is 0 Å². The molecule has 140 valence electrons. The largest absolute Gasteiger partial charge is 0.510 e. The van der Waals surface area contributed by atoms with Crippen LogP contribution < -0.4 is 10.3 Å². The van der Waals surface area contributed by atoms with Gasteiger partial charge in [-0.05, 0) is 35.1 Å². The summed E-state index contributed by atoms with van der Waals surface area (Å²) in [6.45, 7) is 7.66. The van der Waals surface area contributed by atoms with E-state index in [0.29, 0.717) is 0 Å². The Hall–Kier alpha value is -2.69. The van der Waals surface area contributed by atoms with Crippen molar-refractivity contribution < 1.29 is 27.9 Å². The van der Waals surface area contributed by atoms with Gasteiger partial charge >= 0.3 is 6.18 Å². The Morgan fingerprint density at radius 2 is 1.69 bits per heavy atom. The number of halogens is 3. The first kappa shape index (κ1) is 19.6. The second-order valence-corrected chi connectivity index (χ2v) is 7.30. The smallest absolute Gasteiger partial charge is 0.416 e. The van der Waals surface area contributed by atoms with Gasteiger partial charge < -0.3 is 9.94 Å². The van der Waals surface area contributed by atoms with Gasteiger partial charge in [0.15, 0.2) is 11.3 Å². The molecule has 0 aromatic heterocycles. The van der Waals surface area contributed by atoms with Crippen molar-refractivity contribution in [3.05, 3.63) is 41.2 Å². The molecule has 0 spiro atoms. The minimum Gasteiger partial charge on any atom is -0.510 e. The molecule has 26 heavy (non-hydrogen) atoms. The summed E-state index contributed by atoms with van der Waals surface area (Å²) >= 11 is 0. The predicted molar refractivity (Wildman–Crippen MR) is 86.5 cm³/mol. The summed E-state index contributed by atoms with van der Waals surface area (Å²) in [6.07, 6.45) is -4.48. The number of amides is 1. The molecular formula is C18H19F3N2O3. The van der Waals surface area contributed by atoms with Gasteiger partial charge in [-0.15, -0.1) is 0 Å². The van der Waals surface area contributed by atoms with Crippen LogP contribution >= 0.6 is 0 Å². The molecular weight excluding hydrogens is 349 g/mol. The molecule has 0 heterocycles. The van der Waals surface area contributed by atoms with Crippen molar-refractivity contribution in [1.82, 2.24) is 5.48 Å². The minimum atomic E-state index is -4.48. The monoisotopic (exact) mass is 368 g/mol. The summed E-state index contributed by atoms with van der Waals surface area (Å²) in [5.41, 5.74) is 0.0555. The SMILES string of the molecule is CC1(C)C(/C(O)=C(/C#N)C(=O)NOc2ccc(C(F)(F)F)cc2)C1(C)C. The minimum absolute atomic E-state index is 0.0461. The van der Waals surface area contributed by atoms with E-state index in [1.165, 1.54) is 0 Å². The molecule has 1 saturated carbocycles. The maximum absolute atomic E-state index is 12.5. The van der Waals surface area contributed by atoms with Gasteiger partial charge in [-0.3, -0.25) is 4.79 Å². The fourth-order valence-electron chi connectivity index (χ4n) is 3.12. The third-order valence-electron chi connectivity index (χ3n) is 5.33. The highest BCUT2D eigenvalue weighted by atomic mass is 19.4. The number of allylic oxidation sites excluding steroid dienone is 1. The highest BCUT2D eigenvalue weighted by Gasteiger charge is 2.67. The van der Waals surface area contributed by atoms with Gasteiger partial charge in [0.1, 0.15) is 11.8 Å². The summed E-state index contributed by atoms with van der Waals surface area (Å²) in [7, 11) is 0. The molecule has 1 aliphatic carbocycles. The molecule has 1 aromatic carbocycles. The predicted octanol–water partition coefficient (Wildman–Crippen LogP) is 4.13. The second-order valence-electron chi connectivity index (χ2n) is 7.30. The lowest BCUT2D eigenvalue weighted by Crippen LogP contribution is -2.29.